The lowest BCUT2D eigenvalue weighted by molar-refractivity contribution is -0.0502. The standard InChI is InChI=1S/C29H24F5NO6S/c1-5-35-21-12-22-18(10-16(21)14(2)13-27(35,3)4)28(17-9-7-6-8-15(17)26(36)40-28)19-11-20(30)25(23(31)24(19)39-22)41-42(37,38)29(32,33)34/h6-12,14H,5,13H2,1-4H3. The molecule has 0 fully saturated rings. The number of hydrogen-bond acceptors (Lipinski definition) is 7. The molecule has 13 heteroatoms. The smallest absolute Gasteiger partial charge is 0.453 e. The highest BCUT2D eigenvalue weighted by Gasteiger charge is 2.56. The number of benzene rings is 3. The van der Waals surface area contributed by atoms with Crippen LogP contribution in [0.5, 0.6) is 17.2 Å². The molecule has 42 heavy (non-hydrogen) atoms. The normalized spacial score (nSPS) is 22.1. The molecule has 3 aliphatic heterocycles. The molecule has 1 spiro atoms. The third-order valence-corrected chi connectivity index (χ3v) is 9.11. The second-order valence-corrected chi connectivity index (χ2v) is 12.7. The topological polar surface area (TPSA) is 82.1 Å². The van der Waals surface area contributed by atoms with E-state index >= 15 is 8.78 Å². The molecule has 6 rings (SSSR count). The quantitative estimate of drug-likeness (QED) is 0.139. The van der Waals surface area contributed by atoms with Gasteiger partial charge in [-0.05, 0) is 56.9 Å². The molecule has 3 aromatic rings. The van der Waals surface area contributed by atoms with Gasteiger partial charge < -0.3 is 18.6 Å². The summed E-state index contributed by atoms with van der Waals surface area (Å²) in [5.74, 6) is -7.07. The van der Waals surface area contributed by atoms with Gasteiger partial charge >= 0.3 is 21.6 Å². The lowest BCUT2D eigenvalue weighted by atomic mass is 9.74. The fraction of sp³-hybridized carbons (Fsp3) is 0.345. The van der Waals surface area contributed by atoms with Crippen LogP contribution in [-0.2, 0) is 20.5 Å². The number of carbonyl (C=O) groups excluding carboxylic acids is 1. The monoisotopic (exact) mass is 609 g/mol. The molecular weight excluding hydrogens is 585 g/mol. The van der Waals surface area contributed by atoms with Gasteiger partial charge in [0.15, 0.2) is 17.2 Å². The van der Waals surface area contributed by atoms with Gasteiger partial charge in [0.25, 0.3) is 0 Å². The summed E-state index contributed by atoms with van der Waals surface area (Å²) < 4.78 is 109. The molecule has 222 valence electrons. The predicted octanol–water partition coefficient (Wildman–Crippen LogP) is 6.87. The summed E-state index contributed by atoms with van der Waals surface area (Å²) in [6.45, 7) is 8.71. The first-order valence-corrected chi connectivity index (χ1v) is 14.4. The van der Waals surface area contributed by atoms with Gasteiger partial charge in [-0.1, -0.05) is 25.1 Å². The van der Waals surface area contributed by atoms with Crippen LogP contribution < -0.4 is 13.8 Å². The Labute approximate surface area is 237 Å². The summed E-state index contributed by atoms with van der Waals surface area (Å²) in [6, 6.07) is 10.2. The van der Waals surface area contributed by atoms with Crippen LogP contribution in [-0.4, -0.2) is 32.0 Å². The molecule has 3 aromatic carbocycles. The molecule has 0 N–H and O–H groups in total. The Morgan fingerprint density at radius 1 is 1.07 bits per heavy atom. The Balaban J connectivity index is 1.66. The summed E-state index contributed by atoms with van der Waals surface area (Å²) in [7, 11) is -6.44. The number of nitrogens with zero attached hydrogens (tertiary/aromatic N) is 1. The van der Waals surface area contributed by atoms with Crippen molar-refractivity contribution < 1.29 is 48.8 Å². The summed E-state index contributed by atoms with van der Waals surface area (Å²) in [5.41, 5.74) is -6.37. The number of anilines is 1. The van der Waals surface area contributed by atoms with Crippen molar-refractivity contribution in [2.24, 2.45) is 0 Å². The van der Waals surface area contributed by atoms with Crippen molar-refractivity contribution >= 4 is 21.8 Å². The van der Waals surface area contributed by atoms with E-state index in [0.29, 0.717) is 12.6 Å². The van der Waals surface area contributed by atoms with E-state index in [2.05, 4.69) is 22.9 Å². The zero-order valence-corrected chi connectivity index (χ0v) is 23.5. The first-order chi connectivity index (χ1) is 19.5. The highest BCUT2D eigenvalue weighted by Crippen LogP contribution is 2.60. The Kier molecular flexibility index (Phi) is 5.93. The lowest BCUT2D eigenvalue weighted by Gasteiger charge is -2.48. The minimum Gasteiger partial charge on any atom is -0.453 e. The minimum absolute atomic E-state index is 0.00996. The zero-order valence-electron chi connectivity index (χ0n) is 22.7. The Bertz CT molecular complexity index is 1790. The van der Waals surface area contributed by atoms with Gasteiger partial charge in [-0.3, -0.25) is 0 Å². The van der Waals surface area contributed by atoms with Crippen molar-refractivity contribution in [1.82, 2.24) is 0 Å². The fourth-order valence-electron chi connectivity index (χ4n) is 6.52. The van der Waals surface area contributed by atoms with Crippen LogP contribution in [0.25, 0.3) is 0 Å². The van der Waals surface area contributed by atoms with Crippen LogP contribution >= 0.6 is 0 Å². The number of fused-ring (bicyclic) bond motifs is 7. The maximum Gasteiger partial charge on any atom is 0.534 e. The maximum absolute atomic E-state index is 15.9. The largest absolute Gasteiger partial charge is 0.534 e. The van der Waals surface area contributed by atoms with E-state index in [1.807, 2.05) is 13.8 Å². The van der Waals surface area contributed by atoms with Gasteiger partial charge in [-0.25, -0.2) is 9.18 Å². The minimum atomic E-state index is -6.44. The highest BCUT2D eigenvalue weighted by molar-refractivity contribution is 7.88. The molecule has 2 unspecified atom stereocenters. The molecule has 0 saturated heterocycles. The van der Waals surface area contributed by atoms with Crippen LogP contribution in [0.4, 0.5) is 27.6 Å². The van der Waals surface area contributed by atoms with E-state index in [4.69, 9.17) is 9.47 Å². The highest BCUT2D eigenvalue weighted by atomic mass is 32.2. The number of alkyl halides is 3. The first-order valence-electron chi connectivity index (χ1n) is 13.0. The average Bonchev–Trinajstić information content (AvgIpc) is 3.19. The molecule has 0 aliphatic carbocycles. The van der Waals surface area contributed by atoms with Crippen LogP contribution in [0.3, 0.4) is 0 Å². The van der Waals surface area contributed by atoms with Crippen LogP contribution in [0.15, 0.2) is 42.5 Å². The Morgan fingerprint density at radius 3 is 2.43 bits per heavy atom. The molecule has 7 nitrogen and oxygen atoms in total. The van der Waals surface area contributed by atoms with Crippen molar-refractivity contribution in [3.05, 3.63) is 81.9 Å². The molecule has 0 aromatic heterocycles. The molecule has 0 saturated carbocycles. The second kappa shape index (κ2) is 8.82. The first kappa shape index (κ1) is 28.3. The molecule has 3 aliphatic rings. The van der Waals surface area contributed by atoms with Crippen molar-refractivity contribution in [2.75, 3.05) is 11.4 Å². The van der Waals surface area contributed by atoms with E-state index in [1.54, 1.807) is 24.3 Å². The van der Waals surface area contributed by atoms with Gasteiger partial charge in [0.2, 0.25) is 11.6 Å². The van der Waals surface area contributed by atoms with Gasteiger partial charge in [-0.2, -0.15) is 26.0 Å². The summed E-state index contributed by atoms with van der Waals surface area (Å²) in [5, 5.41) is 0. The Hall–Kier alpha value is -3.87. The van der Waals surface area contributed by atoms with Gasteiger partial charge in [0.05, 0.1) is 11.1 Å². The van der Waals surface area contributed by atoms with E-state index in [9.17, 15) is 26.4 Å². The predicted molar refractivity (Wildman–Crippen MR) is 140 cm³/mol. The number of hydrogen-bond donors (Lipinski definition) is 0. The number of ether oxygens (including phenoxy) is 2. The number of rotatable bonds is 3. The van der Waals surface area contributed by atoms with E-state index < -0.39 is 50.3 Å². The lowest BCUT2D eigenvalue weighted by Crippen LogP contribution is -2.48. The average molecular weight is 610 g/mol. The van der Waals surface area contributed by atoms with Crippen molar-refractivity contribution in [1.29, 1.82) is 0 Å². The molecular formula is C29H24F5NO6S. The van der Waals surface area contributed by atoms with Crippen LogP contribution in [0.2, 0.25) is 0 Å². The second-order valence-electron chi connectivity index (χ2n) is 11.1. The third-order valence-electron chi connectivity index (χ3n) is 8.15. The summed E-state index contributed by atoms with van der Waals surface area (Å²) in [4.78, 5) is 15.3. The van der Waals surface area contributed by atoms with Crippen LogP contribution in [0.1, 0.15) is 72.6 Å². The van der Waals surface area contributed by atoms with Crippen molar-refractivity contribution in [3.63, 3.8) is 0 Å². The van der Waals surface area contributed by atoms with E-state index in [-0.39, 0.29) is 39.5 Å². The van der Waals surface area contributed by atoms with Gasteiger partial charge in [0.1, 0.15) is 5.75 Å². The molecule has 2 atom stereocenters. The van der Waals surface area contributed by atoms with E-state index in [0.717, 1.165) is 17.7 Å². The molecule has 0 bridgehead atoms. The molecule has 0 amide bonds. The summed E-state index contributed by atoms with van der Waals surface area (Å²) in [6.07, 6.45) is 0.769. The van der Waals surface area contributed by atoms with Crippen molar-refractivity contribution in [2.45, 2.75) is 56.7 Å². The molecule has 0 radical (unpaired) electrons. The van der Waals surface area contributed by atoms with Crippen LogP contribution in [0, 0.1) is 11.6 Å². The molecule has 3 heterocycles. The van der Waals surface area contributed by atoms with Gasteiger partial charge in [-0.15, -0.1) is 0 Å². The third kappa shape index (κ3) is 3.74. The van der Waals surface area contributed by atoms with Gasteiger partial charge in [0, 0.05) is 35.0 Å². The summed E-state index contributed by atoms with van der Waals surface area (Å²) >= 11 is 0. The number of carbonyl (C=O) groups is 1. The number of esters is 1. The van der Waals surface area contributed by atoms with Crippen molar-refractivity contribution in [3.8, 4) is 17.2 Å². The fourth-order valence-corrected chi connectivity index (χ4v) is 6.99. The SMILES string of the molecule is CCN1c2cc3c(cc2C(C)CC1(C)C)C1(OC(=O)c2ccccc21)c1cc(F)c(OS(=O)(=O)C(F)(F)F)c(F)c1O3. The Morgan fingerprint density at radius 2 is 1.76 bits per heavy atom. The maximum atomic E-state index is 15.9. The zero-order chi connectivity index (χ0) is 30.6. The van der Waals surface area contributed by atoms with E-state index in [1.165, 1.54) is 12.1 Å². The number of halogens is 5.